The fourth-order valence-corrected chi connectivity index (χ4v) is 2.13. The summed E-state index contributed by atoms with van der Waals surface area (Å²) in [6.07, 6.45) is 0. The van der Waals surface area contributed by atoms with Gasteiger partial charge < -0.3 is 10.3 Å². The van der Waals surface area contributed by atoms with Gasteiger partial charge in [-0.25, -0.2) is 0 Å². The lowest BCUT2D eigenvalue weighted by Crippen LogP contribution is -1.92. The number of aryl methyl sites for hydroxylation is 2. The van der Waals surface area contributed by atoms with E-state index in [9.17, 15) is 0 Å². The maximum Gasteiger partial charge on any atom is 0.260 e. The fourth-order valence-electron chi connectivity index (χ4n) is 2.13. The van der Waals surface area contributed by atoms with Crippen LogP contribution in [0.1, 0.15) is 11.1 Å². The largest absolute Gasteiger partial charge is 0.398 e. The molecule has 0 fully saturated rings. The summed E-state index contributed by atoms with van der Waals surface area (Å²) >= 11 is 0. The topological polar surface area (TPSA) is 64.9 Å². The molecule has 0 atom stereocenters. The Kier molecular flexibility index (Phi) is 2.99. The van der Waals surface area contributed by atoms with Gasteiger partial charge >= 0.3 is 0 Å². The molecule has 3 rings (SSSR count). The second kappa shape index (κ2) is 4.81. The summed E-state index contributed by atoms with van der Waals surface area (Å²) in [5.74, 6) is 1.03. The fraction of sp³-hybridized carbons (Fsp3) is 0.125. The third kappa shape index (κ3) is 2.16. The average Bonchev–Trinajstić information content (AvgIpc) is 2.89. The number of nitrogens with two attached hydrogens (primary N) is 1. The van der Waals surface area contributed by atoms with Crippen LogP contribution in [0.25, 0.3) is 22.8 Å². The van der Waals surface area contributed by atoms with Crippen molar-refractivity contribution >= 4 is 5.69 Å². The van der Waals surface area contributed by atoms with Crippen molar-refractivity contribution in [2.24, 2.45) is 0 Å². The van der Waals surface area contributed by atoms with Gasteiger partial charge in [-0.2, -0.15) is 4.98 Å². The van der Waals surface area contributed by atoms with Gasteiger partial charge in [-0.05, 0) is 25.5 Å². The molecule has 20 heavy (non-hydrogen) atoms. The number of anilines is 1. The molecule has 2 N–H and O–H groups in total. The van der Waals surface area contributed by atoms with Crippen molar-refractivity contribution in [2.75, 3.05) is 5.73 Å². The van der Waals surface area contributed by atoms with E-state index in [2.05, 4.69) is 10.1 Å². The van der Waals surface area contributed by atoms with E-state index in [0.717, 1.165) is 16.7 Å². The van der Waals surface area contributed by atoms with Crippen LogP contribution in [-0.4, -0.2) is 10.1 Å². The number of nitrogens with zero attached hydrogens (tertiary/aromatic N) is 2. The van der Waals surface area contributed by atoms with E-state index in [1.165, 1.54) is 5.56 Å². The van der Waals surface area contributed by atoms with E-state index in [1.807, 2.05) is 56.3 Å². The molecule has 0 spiro atoms. The van der Waals surface area contributed by atoms with Crippen LogP contribution in [0.5, 0.6) is 0 Å². The van der Waals surface area contributed by atoms with E-state index < -0.39 is 0 Å². The quantitative estimate of drug-likeness (QED) is 0.719. The number of benzene rings is 2. The first-order valence-electron chi connectivity index (χ1n) is 6.41. The minimum atomic E-state index is 0.455. The predicted molar refractivity (Wildman–Crippen MR) is 79.1 cm³/mol. The number of rotatable bonds is 2. The van der Waals surface area contributed by atoms with Crippen molar-refractivity contribution in [3.63, 3.8) is 0 Å². The monoisotopic (exact) mass is 265 g/mol. The van der Waals surface area contributed by atoms with Gasteiger partial charge in [0.15, 0.2) is 0 Å². The highest BCUT2D eigenvalue weighted by Crippen LogP contribution is 2.29. The zero-order chi connectivity index (χ0) is 14.1. The van der Waals surface area contributed by atoms with Crippen molar-refractivity contribution in [2.45, 2.75) is 13.8 Å². The smallest absolute Gasteiger partial charge is 0.260 e. The van der Waals surface area contributed by atoms with Crippen LogP contribution < -0.4 is 5.73 Å². The maximum absolute atomic E-state index is 5.99. The van der Waals surface area contributed by atoms with Crippen LogP contribution in [0.2, 0.25) is 0 Å². The van der Waals surface area contributed by atoms with E-state index in [1.54, 1.807) is 0 Å². The van der Waals surface area contributed by atoms with Gasteiger partial charge in [-0.1, -0.05) is 47.1 Å². The highest BCUT2D eigenvalue weighted by Gasteiger charge is 2.14. The molecule has 0 unspecified atom stereocenters. The molecule has 2 aromatic carbocycles. The van der Waals surface area contributed by atoms with Crippen molar-refractivity contribution in [3.8, 4) is 22.8 Å². The Bertz CT molecular complexity index is 724. The summed E-state index contributed by atoms with van der Waals surface area (Å²) in [6.45, 7) is 4.01. The number of nitrogen functional groups attached to an aromatic ring is 1. The van der Waals surface area contributed by atoms with Crippen molar-refractivity contribution in [1.82, 2.24) is 10.1 Å². The van der Waals surface area contributed by atoms with Gasteiger partial charge in [0.2, 0.25) is 5.82 Å². The van der Waals surface area contributed by atoms with Crippen LogP contribution in [0.4, 0.5) is 5.69 Å². The molecule has 0 aliphatic rings. The first-order chi connectivity index (χ1) is 9.65. The molecule has 0 aliphatic carbocycles. The lowest BCUT2D eigenvalue weighted by molar-refractivity contribution is 0.432. The molecule has 1 heterocycles. The van der Waals surface area contributed by atoms with Crippen LogP contribution in [-0.2, 0) is 0 Å². The third-order valence-corrected chi connectivity index (χ3v) is 3.25. The zero-order valence-electron chi connectivity index (χ0n) is 11.4. The second-order valence-electron chi connectivity index (χ2n) is 4.83. The Morgan fingerprint density at radius 3 is 2.45 bits per heavy atom. The standard InChI is InChI=1S/C16H15N3O/c1-10-6-8-12(9-7-10)15-18-16(20-19-15)14-11(2)4-3-5-13(14)17/h3-9H,17H2,1-2H3. The Hall–Kier alpha value is -2.62. The first kappa shape index (κ1) is 12.4. The summed E-state index contributed by atoms with van der Waals surface area (Å²) in [4.78, 5) is 4.44. The van der Waals surface area contributed by atoms with Gasteiger partial charge in [0.05, 0.1) is 5.56 Å². The molecule has 3 aromatic rings. The van der Waals surface area contributed by atoms with Crippen molar-refractivity contribution < 1.29 is 4.52 Å². The van der Waals surface area contributed by atoms with E-state index in [0.29, 0.717) is 17.4 Å². The predicted octanol–water partition coefficient (Wildman–Crippen LogP) is 3.60. The molecule has 0 bridgehead atoms. The van der Waals surface area contributed by atoms with Crippen LogP contribution in [0.15, 0.2) is 47.0 Å². The second-order valence-corrected chi connectivity index (χ2v) is 4.83. The molecular weight excluding hydrogens is 250 g/mol. The molecule has 100 valence electrons. The highest BCUT2D eigenvalue weighted by atomic mass is 16.5. The average molecular weight is 265 g/mol. The van der Waals surface area contributed by atoms with Crippen LogP contribution in [0.3, 0.4) is 0 Å². The molecule has 0 aliphatic heterocycles. The van der Waals surface area contributed by atoms with Crippen molar-refractivity contribution in [1.29, 1.82) is 0 Å². The molecule has 4 nitrogen and oxygen atoms in total. The molecule has 0 amide bonds. The van der Waals surface area contributed by atoms with Crippen molar-refractivity contribution in [3.05, 3.63) is 53.6 Å². The van der Waals surface area contributed by atoms with Crippen LogP contribution >= 0.6 is 0 Å². The van der Waals surface area contributed by atoms with Gasteiger partial charge in [-0.15, -0.1) is 0 Å². The molecular formula is C16H15N3O. The molecule has 0 saturated carbocycles. The van der Waals surface area contributed by atoms with E-state index in [-0.39, 0.29) is 0 Å². The number of aromatic nitrogens is 2. The normalized spacial score (nSPS) is 10.7. The summed E-state index contributed by atoms with van der Waals surface area (Å²) < 4.78 is 5.36. The SMILES string of the molecule is Cc1ccc(-c2noc(-c3c(C)cccc3N)n2)cc1. The Balaban J connectivity index is 2.04. The van der Waals surface area contributed by atoms with E-state index >= 15 is 0 Å². The lowest BCUT2D eigenvalue weighted by Gasteiger charge is -2.03. The van der Waals surface area contributed by atoms with Gasteiger partial charge in [-0.3, -0.25) is 0 Å². The first-order valence-corrected chi connectivity index (χ1v) is 6.41. The third-order valence-electron chi connectivity index (χ3n) is 3.25. The highest BCUT2D eigenvalue weighted by molar-refractivity contribution is 5.74. The summed E-state index contributed by atoms with van der Waals surface area (Å²) in [5, 5.41) is 4.03. The number of hydrogen-bond acceptors (Lipinski definition) is 4. The van der Waals surface area contributed by atoms with Gasteiger partial charge in [0, 0.05) is 11.3 Å². The molecule has 4 heteroatoms. The summed E-state index contributed by atoms with van der Waals surface area (Å²) in [6, 6.07) is 13.7. The van der Waals surface area contributed by atoms with Gasteiger partial charge in [0.1, 0.15) is 0 Å². The minimum absolute atomic E-state index is 0.455. The summed E-state index contributed by atoms with van der Waals surface area (Å²) in [7, 11) is 0. The Morgan fingerprint density at radius 2 is 1.75 bits per heavy atom. The summed E-state index contributed by atoms with van der Waals surface area (Å²) in [5.41, 5.74) is 10.6. The maximum atomic E-state index is 5.99. The number of hydrogen-bond donors (Lipinski definition) is 1. The molecule has 0 saturated heterocycles. The molecule has 0 radical (unpaired) electrons. The zero-order valence-corrected chi connectivity index (χ0v) is 11.4. The molecule has 1 aromatic heterocycles. The van der Waals surface area contributed by atoms with E-state index in [4.69, 9.17) is 10.3 Å². The Morgan fingerprint density at radius 1 is 1.00 bits per heavy atom. The van der Waals surface area contributed by atoms with Gasteiger partial charge in [0.25, 0.3) is 5.89 Å². The Labute approximate surface area is 117 Å². The lowest BCUT2D eigenvalue weighted by atomic mass is 10.1. The minimum Gasteiger partial charge on any atom is -0.398 e. The van der Waals surface area contributed by atoms with Crippen LogP contribution in [0, 0.1) is 13.8 Å².